The van der Waals surface area contributed by atoms with Crippen molar-refractivity contribution in [2.75, 3.05) is 23.7 Å². The van der Waals surface area contributed by atoms with Crippen molar-refractivity contribution in [1.29, 1.82) is 0 Å². The van der Waals surface area contributed by atoms with Crippen molar-refractivity contribution in [3.8, 4) is 0 Å². The van der Waals surface area contributed by atoms with Gasteiger partial charge in [0.15, 0.2) is 5.65 Å². The van der Waals surface area contributed by atoms with Crippen LogP contribution in [0.25, 0.3) is 16.6 Å². The van der Waals surface area contributed by atoms with Gasteiger partial charge >= 0.3 is 0 Å². The second kappa shape index (κ2) is 8.75. The number of nitrogens with zero attached hydrogens (tertiary/aromatic N) is 5. The normalized spacial score (nSPS) is 17.1. The number of unbranched alkanes of at least 4 members (excludes halogenated alkanes) is 1. The molecule has 3 heterocycles. The van der Waals surface area contributed by atoms with Crippen molar-refractivity contribution in [2.24, 2.45) is 0 Å². The molecule has 0 bridgehead atoms. The monoisotopic (exact) mass is 414 g/mol. The fourth-order valence-corrected chi connectivity index (χ4v) is 5.23. The Hall–Kier alpha value is -2.06. The number of rotatable bonds is 7. The van der Waals surface area contributed by atoms with Gasteiger partial charge in [-0.3, -0.25) is 0 Å². The van der Waals surface area contributed by atoms with E-state index in [9.17, 15) is 4.21 Å². The number of nitrogens with one attached hydrogen (secondary N) is 1. The highest BCUT2D eigenvalue weighted by Gasteiger charge is 2.22. The molecule has 1 N–H and O–H groups in total. The first-order chi connectivity index (χ1) is 14.1. The van der Waals surface area contributed by atoms with Crippen molar-refractivity contribution in [3.63, 3.8) is 0 Å². The van der Waals surface area contributed by atoms with Gasteiger partial charge in [-0.1, -0.05) is 19.4 Å². The van der Waals surface area contributed by atoms with E-state index in [1.54, 1.807) is 6.33 Å². The van der Waals surface area contributed by atoms with E-state index >= 15 is 0 Å². The molecule has 1 aliphatic rings. The third-order valence-corrected chi connectivity index (χ3v) is 6.85. The smallest absolute Gasteiger partial charge is 0.229 e. The largest absolute Gasteiger partial charge is 0.341 e. The maximum absolute atomic E-state index is 12.4. The Kier molecular flexibility index (Phi) is 6.10. The van der Waals surface area contributed by atoms with Gasteiger partial charge in [-0.25, -0.2) is 18.9 Å². The Labute approximate surface area is 174 Å². The van der Waals surface area contributed by atoms with Crippen LogP contribution in [0.1, 0.15) is 63.1 Å². The number of aryl methyl sites for hydroxylation is 1. The summed E-state index contributed by atoms with van der Waals surface area (Å²) >= 11 is 0. The number of hydrogen-bond acceptors (Lipinski definition) is 5. The van der Waals surface area contributed by atoms with Crippen LogP contribution in [-0.4, -0.2) is 42.6 Å². The SMILES string of the molecule is CCCCS(=O)N[C@H](C)c1cc(C)cc2c1nc(N1CCCCC1)n1ncnc21. The highest BCUT2D eigenvalue weighted by atomic mass is 32.2. The summed E-state index contributed by atoms with van der Waals surface area (Å²) in [4.78, 5) is 11.9. The lowest BCUT2D eigenvalue weighted by molar-refractivity contribution is 0.563. The Morgan fingerprint density at radius 2 is 2.03 bits per heavy atom. The molecule has 4 rings (SSSR count). The second-order valence-corrected chi connectivity index (χ2v) is 9.28. The summed E-state index contributed by atoms with van der Waals surface area (Å²) in [5.74, 6) is 1.53. The standard InChI is InChI=1S/C21H30N6OS/c1-4-5-11-29(28)25-16(3)17-12-15(2)13-18-19(17)24-21(26-9-7-6-8-10-26)27-20(18)22-14-23-27/h12-14,16,25H,4-11H2,1-3H3/t16-,29?/m1/s1. The zero-order valence-electron chi connectivity index (χ0n) is 17.5. The topological polar surface area (TPSA) is 75.4 Å². The molecule has 7 nitrogen and oxygen atoms in total. The molecule has 8 heteroatoms. The summed E-state index contributed by atoms with van der Waals surface area (Å²) in [6.45, 7) is 8.24. The molecule has 29 heavy (non-hydrogen) atoms. The summed E-state index contributed by atoms with van der Waals surface area (Å²) < 4.78 is 17.6. The Balaban J connectivity index is 1.81. The van der Waals surface area contributed by atoms with Gasteiger partial charge in [0.2, 0.25) is 5.95 Å². The number of anilines is 1. The maximum Gasteiger partial charge on any atom is 0.229 e. The minimum Gasteiger partial charge on any atom is -0.341 e. The average Bonchev–Trinajstić information content (AvgIpc) is 3.22. The van der Waals surface area contributed by atoms with Crippen molar-refractivity contribution >= 4 is 33.5 Å². The van der Waals surface area contributed by atoms with Crippen molar-refractivity contribution in [2.45, 2.75) is 58.9 Å². The van der Waals surface area contributed by atoms with Gasteiger partial charge in [-0.15, -0.1) is 0 Å². The molecule has 0 amide bonds. The third kappa shape index (κ3) is 4.14. The summed E-state index contributed by atoms with van der Waals surface area (Å²) in [6, 6.07) is 4.20. The van der Waals surface area contributed by atoms with Crippen LogP contribution in [0.4, 0.5) is 5.95 Å². The molecule has 1 saturated heterocycles. The van der Waals surface area contributed by atoms with Crippen LogP contribution in [0, 0.1) is 6.92 Å². The van der Waals surface area contributed by atoms with E-state index in [-0.39, 0.29) is 6.04 Å². The van der Waals surface area contributed by atoms with E-state index in [1.165, 1.54) is 19.3 Å². The van der Waals surface area contributed by atoms with Crippen LogP contribution < -0.4 is 9.62 Å². The quantitative estimate of drug-likeness (QED) is 0.638. The molecule has 1 unspecified atom stereocenters. The first kappa shape index (κ1) is 20.2. The zero-order chi connectivity index (χ0) is 20.4. The maximum atomic E-state index is 12.4. The molecule has 2 aromatic heterocycles. The number of benzene rings is 1. The van der Waals surface area contributed by atoms with Crippen molar-refractivity contribution in [1.82, 2.24) is 24.3 Å². The Morgan fingerprint density at radius 3 is 2.79 bits per heavy atom. The summed E-state index contributed by atoms with van der Waals surface area (Å²) in [5.41, 5.74) is 3.95. The molecule has 156 valence electrons. The van der Waals surface area contributed by atoms with Crippen molar-refractivity contribution < 1.29 is 4.21 Å². The van der Waals surface area contributed by atoms with Gasteiger partial charge in [-0.05, 0) is 56.7 Å². The van der Waals surface area contributed by atoms with Crippen LogP contribution in [-0.2, 0) is 11.0 Å². The predicted octanol–water partition coefficient (Wildman–Crippen LogP) is 3.69. The van der Waals surface area contributed by atoms with E-state index in [0.29, 0.717) is 5.75 Å². The Morgan fingerprint density at radius 1 is 1.24 bits per heavy atom. The number of hydrogen-bond donors (Lipinski definition) is 1. The fraction of sp³-hybridized carbons (Fsp3) is 0.571. The molecule has 1 aromatic carbocycles. The average molecular weight is 415 g/mol. The first-order valence-electron chi connectivity index (χ1n) is 10.6. The van der Waals surface area contributed by atoms with Crippen LogP contribution >= 0.6 is 0 Å². The van der Waals surface area contributed by atoms with E-state index < -0.39 is 11.0 Å². The summed E-state index contributed by atoms with van der Waals surface area (Å²) in [7, 11) is -1.05. The molecule has 2 atom stereocenters. The second-order valence-electron chi connectivity index (χ2n) is 7.95. The van der Waals surface area contributed by atoms with Crippen LogP contribution in [0.2, 0.25) is 0 Å². The van der Waals surface area contributed by atoms with Gasteiger partial charge in [0, 0.05) is 30.3 Å². The lowest BCUT2D eigenvalue weighted by Crippen LogP contribution is -2.32. The summed E-state index contributed by atoms with van der Waals surface area (Å²) in [6.07, 6.45) is 7.21. The zero-order valence-corrected chi connectivity index (χ0v) is 18.3. The minimum absolute atomic E-state index is 0.0674. The number of fused-ring (bicyclic) bond motifs is 3. The van der Waals surface area contributed by atoms with Crippen LogP contribution in [0.15, 0.2) is 18.5 Å². The highest BCUT2D eigenvalue weighted by Crippen LogP contribution is 2.30. The first-order valence-corrected chi connectivity index (χ1v) is 11.9. The van der Waals surface area contributed by atoms with Gasteiger partial charge in [-0.2, -0.15) is 9.61 Å². The van der Waals surface area contributed by atoms with Gasteiger partial charge < -0.3 is 4.90 Å². The highest BCUT2D eigenvalue weighted by molar-refractivity contribution is 7.83. The van der Waals surface area contributed by atoms with E-state index in [2.05, 4.69) is 52.6 Å². The van der Waals surface area contributed by atoms with Crippen molar-refractivity contribution in [3.05, 3.63) is 29.6 Å². The van der Waals surface area contributed by atoms with E-state index in [1.807, 2.05) is 4.52 Å². The molecular formula is C21H30N6OS. The molecule has 1 fully saturated rings. The van der Waals surface area contributed by atoms with E-state index in [0.717, 1.165) is 59.6 Å². The third-order valence-electron chi connectivity index (χ3n) is 5.57. The minimum atomic E-state index is -1.05. The summed E-state index contributed by atoms with van der Waals surface area (Å²) in [5, 5.41) is 5.46. The predicted molar refractivity (Wildman–Crippen MR) is 119 cm³/mol. The van der Waals surface area contributed by atoms with Crippen LogP contribution in [0.3, 0.4) is 0 Å². The molecule has 0 spiro atoms. The van der Waals surface area contributed by atoms with E-state index in [4.69, 9.17) is 4.98 Å². The molecule has 3 aromatic rings. The molecule has 1 aliphatic heterocycles. The van der Waals surface area contributed by atoms with Gasteiger partial charge in [0.25, 0.3) is 0 Å². The lowest BCUT2D eigenvalue weighted by Gasteiger charge is -2.28. The lowest BCUT2D eigenvalue weighted by atomic mass is 10.0. The molecule has 0 radical (unpaired) electrons. The molecular weight excluding hydrogens is 384 g/mol. The number of piperidine rings is 1. The van der Waals surface area contributed by atoms with Crippen LogP contribution in [0.5, 0.6) is 0 Å². The van der Waals surface area contributed by atoms with Gasteiger partial charge in [0.05, 0.1) is 16.5 Å². The van der Waals surface area contributed by atoms with Gasteiger partial charge in [0.1, 0.15) is 6.33 Å². The fourth-order valence-electron chi connectivity index (χ4n) is 4.04. The molecule has 0 saturated carbocycles. The molecule has 0 aliphatic carbocycles. The Bertz CT molecular complexity index is 1030. The number of aromatic nitrogens is 4.